The van der Waals surface area contributed by atoms with Crippen LogP contribution >= 0.6 is 11.6 Å². The van der Waals surface area contributed by atoms with Crippen LogP contribution < -0.4 is 11.2 Å². The van der Waals surface area contributed by atoms with Crippen molar-refractivity contribution in [3.05, 3.63) is 57.5 Å². The highest BCUT2D eigenvalue weighted by molar-refractivity contribution is 6.32. The SMILES string of the molecule is Cc1cc(=O)c(N)cn1-c1ccccc1Cl. The summed E-state index contributed by atoms with van der Waals surface area (Å²) in [6.07, 6.45) is 1.60. The summed E-state index contributed by atoms with van der Waals surface area (Å²) in [5.74, 6) is 0. The van der Waals surface area contributed by atoms with Crippen molar-refractivity contribution in [3.63, 3.8) is 0 Å². The maximum absolute atomic E-state index is 11.3. The minimum absolute atomic E-state index is 0.166. The minimum Gasteiger partial charge on any atom is -0.394 e. The number of nitrogens with two attached hydrogens (primary N) is 1. The molecule has 0 unspecified atom stereocenters. The maximum atomic E-state index is 11.3. The number of rotatable bonds is 1. The lowest BCUT2D eigenvalue weighted by Gasteiger charge is -2.12. The number of nitrogen functional groups attached to an aromatic ring is 1. The molecule has 0 amide bonds. The van der Waals surface area contributed by atoms with Crippen LogP contribution in [0.1, 0.15) is 5.69 Å². The van der Waals surface area contributed by atoms with Crippen molar-refractivity contribution in [1.82, 2.24) is 4.57 Å². The fourth-order valence-electron chi connectivity index (χ4n) is 1.55. The minimum atomic E-state index is -0.166. The summed E-state index contributed by atoms with van der Waals surface area (Å²) in [6.45, 7) is 1.84. The summed E-state index contributed by atoms with van der Waals surface area (Å²) >= 11 is 6.08. The Bertz CT molecular complexity index is 590. The number of anilines is 1. The standard InChI is InChI=1S/C12H11ClN2O/c1-8-6-12(16)10(14)7-15(8)11-5-3-2-4-9(11)13/h2-7H,14H2,1H3. The first-order chi connectivity index (χ1) is 7.59. The molecular formula is C12H11ClN2O. The van der Waals surface area contributed by atoms with E-state index in [4.69, 9.17) is 17.3 Å². The highest BCUT2D eigenvalue weighted by Crippen LogP contribution is 2.21. The predicted octanol–water partition coefficient (Wildman–Crippen LogP) is 2.38. The van der Waals surface area contributed by atoms with E-state index in [1.807, 2.05) is 25.1 Å². The van der Waals surface area contributed by atoms with Crippen molar-refractivity contribution < 1.29 is 0 Å². The normalized spacial score (nSPS) is 10.4. The smallest absolute Gasteiger partial charge is 0.204 e. The molecule has 82 valence electrons. The molecule has 0 aliphatic rings. The molecule has 1 aromatic heterocycles. The third kappa shape index (κ3) is 1.82. The van der Waals surface area contributed by atoms with Gasteiger partial charge in [0, 0.05) is 18.0 Å². The second-order valence-corrected chi connectivity index (χ2v) is 3.96. The Hall–Kier alpha value is -1.74. The highest BCUT2D eigenvalue weighted by atomic mass is 35.5. The van der Waals surface area contributed by atoms with Crippen LogP contribution in [0.15, 0.2) is 41.3 Å². The van der Waals surface area contributed by atoms with E-state index < -0.39 is 0 Å². The lowest BCUT2D eigenvalue weighted by Crippen LogP contribution is -2.13. The molecule has 0 bridgehead atoms. The molecule has 0 saturated heterocycles. The fraction of sp³-hybridized carbons (Fsp3) is 0.0833. The molecule has 4 heteroatoms. The average molecular weight is 235 g/mol. The third-order valence-corrected chi connectivity index (χ3v) is 2.70. The van der Waals surface area contributed by atoms with Crippen LogP contribution in [0.3, 0.4) is 0 Å². The summed E-state index contributed by atoms with van der Waals surface area (Å²) < 4.78 is 1.80. The Morgan fingerprint density at radius 2 is 2.00 bits per heavy atom. The number of halogens is 1. The van der Waals surface area contributed by atoms with Crippen molar-refractivity contribution in [2.24, 2.45) is 0 Å². The second kappa shape index (κ2) is 4.02. The van der Waals surface area contributed by atoms with Gasteiger partial charge in [0.2, 0.25) is 5.43 Å². The Morgan fingerprint density at radius 1 is 1.31 bits per heavy atom. The van der Waals surface area contributed by atoms with Gasteiger partial charge in [-0.1, -0.05) is 23.7 Å². The van der Waals surface area contributed by atoms with Gasteiger partial charge in [-0.05, 0) is 19.1 Å². The van der Waals surface area contributed by atoms with Crippen LogP contribution in [0.25, 0.3) is 5.69 Å². The molecule has 0 radical (unpaired) electrons. The third-order valence-electron chi connectivity index (χ3n) is 2.38. The van der Waals surface area contributed by atoms with Crippen LogP contribution in [0.4, 0.5) is 5.69 Å². The van der Waals surface area contributed by atoms with Crippen molar-refractivity contribution in [2.45, 2.75) is 6.92 Å². The quantitative estimate of drug-likeness (QED) is 0.824. The monoisotopic (exact) mass is 234 g/mol. The Labute approximate surface area is 98.1 Å². The fourth-order valence-corrected chi connectivity index (χ4v) is 1.78. The Kier molecular flexibility index (Phi) is 2.71. The molecule has 2 rings (SSSR count). The summed E-state index contributed by atoms with van der Waals surface area (Å²) in [4.78, 5) is 11.3. The molecule has 1 heterocycles. The molecule has 3 nitrogen and oxygen atoms in total. The first kappa shape index (κ1) is 10.8. The number of benzene rings is 1. The van der Waals surface area contributed by atoms with Gasteiger partial charge in [-0.2, -0.15) is 0 Å². The zero-order valence-corrected chi connectivity index (χ0v) is 9.53. The molecule has 0 aliphatic heterocycles. The molecule has 0 atom stereocenters. The number of aromatic nitrogens is 1. The highest BCUT2D eigenvalue weighted by Gasteiger charge is 2.05. The Morgan fingerprint density at radius 3 is 2.69 bits per heavy atom. The van der Waals surface area contributed by atoms with Gasteiger partial charge in [0.1, 0.15) is 0 Å². The van der Waals surface area contributed by atoms with Crippen LogP contribution in [0, 0.1) is 6.92 Å². The summed E-state index contributed by atoms with van der Waals surface area (Å²) in [6, 6.07) is 8.91. The van der Waals surface area contributed by atoms with Gasteiger partial charge in [0.05, 0.1) is 16.4 Å². The second-order valence-electron chi connectivity index (χ2n) is 3.56. The van der Waals surface area contributed by atoms with E-state index in [-0.39, 0.29) is 11.1 Å². The number of nitrogens with zero attached hydrogens (tertiary/aromatic N) is 1. The van der Waals surface area contributed by atoms with E-state index in [1.54, 1.807) is 16.8 Å². The molecular weight excluding hydrogens is 224 g/mol. The van der Waals surface area contributed by atoms with E-state index in [0.717, 1.165) is 11.4 Å². The zero-order valence-electron chi connectivity index (χ0n) is 8.77. The molecule has 0 aliphatic carbocycles. The van der Waals surface area contributed by atoms with Crippen molar-refractivity contribution in [2.75, 3.05) is 5.73 Å². The largest absolute Gasteiger partial charge is 0.394 e. The lowest BCUT2D eigenvalue weighted by molar-refractivity contribution is 0.977. The van der Waals surface area contributed by atoms with E-state index >= 15 is 0 Å². The number of pyridine rings is 1. The molecule has 0 spiro atoms. The summed E-state index contributed by atoms with van der Waals surface area (Å²) in [5.41, 5.74) is 7.26. The van der Waals surface area contributed by atoms with Crippen LogP contribution in [0.5, 0.6) is 0 Å². The summed E-state index contributed by atoms with van der Waals surface area (Å²) in [7, 11) is 0. The number of para-hydroxylation sites is 1. The Balaban J connectivity index is 2.70. The van der Waals surface area contributed by atoms with Crippen LogP contribution in [0.2, 0.25) is 5.02 Å². The molecule has 2 N–H and O–H groups in total. The number of aryl methyl sites for hydroxylation is 1. The summed E-state index contributed by atoms with van der Waals surface area (Å²) in [5, 5.41) is 0.619. The van der Waals surface area contributed by atoms with Crippen molar-refractivity contribution in [3.8, 4) is 5.69 Å². The molecule has 0 saturated carbocycles. The first-order valence-corrected chi connectivity index (χ1v) is 5.21. The van der Waals surface area contributed by atoms with E-state index in [0.29, 0.717) is 5.02 Å². The van der Waals surface area contributed by atoms with Gasteiger partial charge >= 0.3 is 0 Å². The van der Waals surface area contributed by atoms with Crippen LogP contribution in [-0.4, -0.2) is 4.57 Å². The average Bonchev–Trinajstić information content (AvgIpc) is 2.25. The van der Waals surface area contributed by atoms with E-state index in [9.17, 15) is 4.79 Å². The van der Waals surface area contributed by atoms with Gasteiger partial charge < -0.3 is 10.3 Å². The topological polar surface area (TPSA) is 48.0 Å². The molecule has 16 heavy (non-hydrogen) atoms. The molecule has 0 fully saturated rings. The van der Waals surface area contributed by atoms with Gasteiger partial charge in [0.25, 0.3) is 0 Å². The van der Waals surface area contributed by atoms with E-state index in [1.165, 1.54) is 6.07 Å². The predicted molar refractivity (Wildman–Crippen MR) is 66.2 cm³/mol. The van der Waals surface area contributed by atoms with Gasteiger partial charge in [-0.15, -0.1) is 0 Å². The first-order valence-electron chi connectivity index (χ1n) is 4.83. The van der Waals surface area contributed by atoms with Gasteiger partial charge in [-0.25, -0.2) is 0 Å². The number of hydrogen-bond acceptors (Lipinski definition) is 2. The van der Waals surface area contributed by atoms with Crippen LogP contribution in [-0.2, 0) is 0 Å². The molecule has 2 aromatic rings. The molecule has 1 aromatic carbocycles. The van der Waals surface area contributed by atoms with Gasteiger partial charge in [0.15, 0.2) is 0 Å². The maximum Gasteiger partial charge on any atom is 0.204 e. The lowest BCUT2D eigenvalue weighted by atomic mass is 10.2. The number of hydrogen-bond donors (Lipinski definition) is 1. The van der Waals surface area contributed by atoms with Gasteiger partial charge in [-0.3, -0.25) is 4.79 Å². The zero-order chi connectivity index (χ0) is 11.7. The van der Waals surface area contributed by atoms with E-state index in [2.05, 4.69) is 0 Å². The van der Waals surface area contributed by atoms with Crippen molar-refractivity contribution >= 4 is 17.3 Å². The van der Waals surface area contributed by atoms with Crippen molar-refractivity contribution in [1.29, 1.82) is 0 Å².